The largest absolute Gasteiger partial charge is 0.394 e. The molecule has 3 aliphatic heterocycles. The van der Waals surface area contributed by atoms with E-state index in [1.54, 1.807) is 59.3 Å². The molecule has 1 spiro atoms. The lowest BCUT2D eigenvalue weighted by Gasteiger charge is -2.31. The zero-order valence-corrected chi connectivity index (χ0v) is 26.6. The van der Waals surface area contributed by atoms with Gasteiger partial charge in [-0.2, -0.15) is 0 Å². The molecule has 5 rings (SSSR count). The molecule has 0 aliphatic carbocycles. The van der Waals surface area contributed by atoms with Crippen molar-refractivity contribution in [2.24, 2.45) is 5.92 Å². The van der Waals surface area contributed by atoms with Crippen LogP contribution in [0.25, 0.3) is 0 Å². The van der Waals surface area contributed by atoms with Crippen molar-refractivity contribution in [1.82, 2.24) is 4.90 Å². The minimum absolute atomic E-state index is 0.0815. The number of halogens is 2. The van der Waals surface area contributed by atoms with Crippen LogP contribution < -0.4 is 10.2 Å². The van der Waals surface area contributed by atoms with E-state index >= 15 is 4.11 Å². The van der Waals surface area contributed by atoms with Gasteiger partial charge in [0.2, 0.25) is 14.3 Å². The van der Waals surface area contributed by atoms with E-state index < -0.39 is 43.6 Å². The molecule has 3 N–H and O–H groups in total. The van der Waals surface area contributed by atoms with Crippen molar-refractivity contribution < 1.29 is 33.4 Å². The number of rotatable bonds is 8. The molecule has 2 aromatic rings. The van der Waals surface area contributed by atoms with Gasteiger partial charge >= 0.3 is 0 Å². The Kier molecular flexibility index (Phi) is 8.76. The summed E-state index contributed by atoms with van der Waals surface area (Å²) in [5.41, 5.74) is 0.131. The number of amides is 3. The first-order chi connectivity index (χ1) is 20.3. The number of carbonyl (C=O) groups is 3. The van der Waals surface area contributed by atoms with Crippen LogP contribution in [0.15, 0.2) is 42.5 Å². The first kappa shape index (κ1) is 31.6. The van der Waals surface area contributed by atoms with Crippen LogP contribution in [0.3, 0.4) is 0 Å². The van der Waals surface area contributed by atoms with Crippen LogP contribution in [-0.2, 0) is 31.3 Å². The van der Waals surface area contributed by atoms with Crippen molar-refractivity contribution >= 4 is 49.1 Å². The van der Waals surface area contributed by atoms with Gasteiger partial charge in [0.1, 0.15) is 6.10 Å². The molecule has 0 aromatic heterocycles. The lowest BCUT2D eigenvalue weighted by Crippen LogP contribution is -2.45. The van der Waals surface area contributed by atoms with Crippen LogP contribution in [0.4, 0.5) is 15.5 Å². The first-order valence-corrected chi connectivity index (χ1v) is 18.1. The normalized spacial score (nSPS) is 27.6. The summed E-state index contributed by atoms with van der Waals surface area (Å²) in [5, 5.41) is 22.4. The number of benzene rings is 2. The molecule has 3 aliphatic rings. The highest BCUT2D eigenvalue weighted by Crippen LogP contribution is 2.60. The Hall–Kier alpha value is -2.83. The number of nitrogens with one attached hydrogen (secondary N) is 1. The van der Waals surface area contributed by atoms with Crippen LogP contribution in [0, 0.1) is 5.92 Å². The number of carbonyl (C=O) groups excluding carboxylic acids is 3. The lowest BCUT2D eigenvalue weighted by molar-refractivity contribution is -0.150. The number of ether oxygens (including phenoxy) is 1. The van der Waals surface area contributed by atoms with Crippen molar-refractivity contribution in [2.75, 3.05) is 23.4 Å². The molecule has 0 saturated carbocycles. The molecule has 2 saturated heterocycles. The van der Waals surface area contributed by atoms with Crippen molar-refractivity contribution in [3.63, 3.8) is 0 Å². The maximum Gasteiger partial charge on any atom is 0.264 e. The van der Waals surface area contributed by atoms with Gasteiger partial charge in [-0.1, -0.05) is 30.7 Å². The quantitative estimate of drug-likeness (QED) is 0.294. The van der Waals surface area contributed by atoms with Gasteiger partial charge in [-0.25, -0.2) is 0 Å². The van der Waals surface area contributed by atoms with Crippen LogP contribution in [0.5, 0.6) is 0 Å². The third-order valence-electron chi connectivity index (χ3n) is 9.12. The summed E-state index contributed by atoms with van der Waals surface area (Å²) in [4.78, 5) is 43.3. The van der Waals surface area contributed by atoms with E-state index in [1.807, 2.05) is 13.0 Å². The fourth-order valence-electron chi connectivity index (χ4n) is 7.20. The summed E-state index contributed by atoms with van der Waals surface area (Å²) in [6, 6.07) is 11.8. The number of nitrogens with zero attached hydrogens (tertiary/aromatic N) is 2. The van der Waals surface area contributed by atoms with E-state index in [2.05, 4.69) is 5.32 Å². The molecule has 0 bridgehead atoms. The summed E-state index contributed by atoms with van der Waals surface area (Å²) in [7, 11) is -3.48. The summed E-state index contributed by atoms with van der Waals surface area (Å²) < 4.78 is 22.8. The molecule has 0 radical (unpaired) electrons. The summed E-state index contributed by atoms with van der Waals surface area (Å²) in [5.74, 6) is -1.71. The highest BCUT2D eigenvalue weighted by Gasteiger charge is 2.67. The molecular formula is C31H39ClFN3O6Si. The lowest BCUT2D eigenvalue weighted by atomic mass is 9.82. The van der Waals surface area contributed by atoms with Crippen molar-refractivity contribution in [3.05, 3.63) is 58.6 Å². The number of anilines is 2. The fraction of sp³-hybridized carbons (Fsp3) is 0.516. The predicted molar refractivity (Wildman–Crippen MR) is 164 cm³/mol. The van der Waals surface area contributed by atoms with Gasteiger partial charge in [0.25, 0.3) is 11.8 Å². The molecule has 0 unspecified atom stereocenters. The second kappa shape index (κ2) is 11.9. The average Bonchev–Trinajstić information content (AvgIpc) is 3.59. The topological polar surface area (TPSA) is 119 Å². The molecule has 2 aromatic carbocycles. The molecule has 2 fully saturated rings. The van der Waals surface area contributed by atoms with Crippen LogP contribution >= 0.6 is 11.6 Å². The Morgan fingerprint density at radius 3 is 2.67 bits per heavy atom. The van der Waals surface area contributed by atoms with E-state index in [9.17, 15) is 24.6 Å². The number of aliphatic hydroxyl groups is 2. The molecule has 3 amide bonds. The second-order valence-electron chi connectivity index (χ2n) is 12.5. The van der Waals surface area contributed by atoms with Gasteiger partial charge in [0.15, 0.2) is 5.60 Å². The number of hydrogen-bond acceptors (Lipinski definition) is 6. The molecule has 43 heavy (non-hydrogen) atoms. The molecular weight excluding hydrogens is 593 g/mol. The molecule has 12 heteroatoms. The Labute approximate surface area is 257 Å². The maximum absolute atomic E-state index is 16.1. The van der Waals surface area contributed by atoms with Gasteiger partial charge < -0.3 is 34.2 Å². The van der Waals surface area contributed by atoms with Crippen LogP contribution in [0.1, 0.15) is 44.2 Å². The fourth-order valence-corrected chi connectivity index (χ4v) is 9.86. The minimum atomic E-state index is -3.48. The van der Waals surface area contributed by atoms with Gasteiger partial charge in [-0.15, -0.1) is 0 Å². The Morgan fingerprint density at radius 1 is 1.26 bits per heavy atom. The monoisotopic (exact) mass is 631 g/mol. The maximum atomic E-state index is 16.1. The van der Waals surface area contributed by atoms with E-state index in [0.717, 1.165) is 6.42 Å². The minimum Gasteiger partial charge on any atom is -0.394 e. The highest BCUT2D eigenvalue weighted by atomic mass is 35.5. The predicted octanol–water partition coefficient (Wildman–Crippen LogP) is 4.35. The third kappa shape index (κ3) is 5.73. The van der Waals surface area contributed by atoms with Crippen LogP contribution in [-0.4, -0.2) is 72.6 Å². The molecule has 3 heterocycles. The molecule has 6 atom stereocenters. The zero-order chi connectivity index (χ0) is 31.3. The Morgan fingerprint density at radius 2 is 2.00 bits per heavy atom. The second-order valence-corrected chi connectivity index (χ2v) is 16.7. The van der Waals surface area contributed by atoms with Gasteiger partial charge in [-0.3, -0.25) is 14.4 Å². The van der Waals surface area contributed by atoms with E-state index in [1.165, 1.54) is 6.92 Å². The summed E-state index contributed by atoms with van der Waals surface area (Å²) in [6.45, 7) is 6.91. The summed E-state index contributed by atoms with van der Waals surface area (Å²) >= 11 is 6.45. The number of likely N-dealkylation sites (tertiary alicyclic amines) is 1. The SMILES string of the molecule is C[C@H](O)C(=O)Nc1cccc(CN2C(=O)[C@@]3(O[C@@H](CC(=O)N4CCC[C@H]4CO)[C@H]([Si](C)(C)F)[C@H]3C)c3cc(Cl)ccc32)c1. The summed E-state index contributed by atoms with van der Waals surface area (Å²) in [6.07, 6.45) is -0.591. The Bertz CT molecular complexity index is 1420. The van der Waals surface area contributed by atoms with Gasteiger partial charge in [0.05, 0.1) is 37.4 Å². The van der Waals surface area contributed by atoms with Gasteiger partial charge in [-0.05, 0) is 68.8 Å². The van der Waals surface area contributed by atoms with Crippen molar-refractivity contribution in [2.45, 2.75) is 82.1 Å². The standard InChI is InChI=1S/C31H39ClFN3O6Si/c1-18-28(43(3,4)33)26(15-27(39)35-12-6-9-23(35)17-37)42-31(18)24-14-21(32)10-11-25(24)36(30(31)41)16-20-7-5-8-22(13-20)34-29(40)19(2)38/h5,7-8,10-11,13-14,18-19,23,26,28,37-38H,6,9,12,15-17H2,1-4H3,(H,34,40)/t18-,19+,23+,26+,28-,31+/m1/s1. The zero-order valence-electron chi connectivity index (χ0n) is 24.8. The number of fused-ring (bicyclic) bond motifs is 2. The molecule has 9 nitrogen and oxygen atoms in total. The average molecular weight is 632 g/mol. The highest BCUT2D eigenvalue weighted by molar-refractivity contribution is 6.72. The van der Waals surface area contributed by atoms with E-state index in [-0.39, 0.29) is 37.4 Å². The van der Waals surface area contributed by atoms with E-state index in [0.29, 0.717) is 40.5 Å². The van der Waals surface area contributed by atoms with Crippen molar-refractivity contribution in [3.8, 4) is 0 Å². The first-order valence-electron chi connectivity index (χ1n) is 14.7. The van der Waals surface area contributed by atoms with Crippen LogP contribution in [0.2, 0.25) is 23.7 Å². The number of hydrogen-bond donors (Lipinski definition) is 3. The smallest absolute Gasteiger partial charge is 0.264 e. The van der Waals surface area contributed by atoms with Gasteiger partial charge in [0, 0.05) is 34.3 Å². The van der Waals surface area contributed by atoms with E-state index in [4.69, 9.17) is 16.3 Å². The molecule has 232 valence electrons. The van der Waals surface area contributed by atoms with Crippen molar-refractivity contribution in [1.29, 1.82) is 0 Å². The third-order valence-corrected chi connectivity index (χ3v) is 11.8. The number of aliphatic hydroxyl groups excluding tert-OH is 2. The Balaban J connectivity index is 1.50.